The highest BCUT2D eigenvalue weighted by atomic mass is 32.2. The number of likely N-dealkylation sites (N-methyl/N-ethyl adjacent to an activating group) is 1. The second kappa shape index (κ2) is 11.8. The van der Waals surface area contributed by atoms with Crippen LogP contribution in [0.15, 0.2) is 96.2 Å². The fraction of sp³-hybridized carbons (Fsp3) is 0.167. The number of aromatic nitrogens is 3. The van der Waals surface area contributed by atoms with Crippen molar-refractivity contribution in [1.29, 1.82) is 0 Å². The second-order valence-corrected chi connectivity index (χ2v) is 11.6. The average molecular weight is 570 g/mol. The molecule has 1 amide bonds. The maximum absolute atomic E-state index is 12.7. The summed E-state index contributed by atoms with van der Waals surface area (Å²) in [6, 6.07) is 22.8. The number of hydrogen-bond donors (Lipinski definition) is 3. The summed E-state index contributed by atoms with van der Waals surface area (Å²) < 4.78 is 29.7. The van der Waals surface area contributed by atoms with Gasteiger partial charge < -0.3 is 15.5 Å². The van der Waals surface area contributed by atoms with Gasteiger partial charge in [-0.1, -0.05) is 29.8 Å². The average Bonchev–Trinajstić information content (AvgIpc) is 3.37. The first-order valence-corrected chi connectivity index (χ1v) is 14.5. The Kier molecular flexibility index (Phi) is 7.99. The summed E-state index contributed by atoms with van der Waals surface area (Å²) in [5.74, 6) is 0.487. The van der Waals surface area contributed by atoms with Gasteiger partial charge in [0.1, 0.15) is 5.82 Å². The molecule has 0 radical (unpaired) electrons. The zero-order valence-corrected chi connectivity index (χ0v) is 23.8. The zero-order valence-electron chi connectivity index (χ0n) is 23.0. The molecule has 41 heavy (non-hydrogen) atoms. The Bertz CT molecular complexity index is 1760. The number of anilines is 3. The van der Waals surface area contributed by atoms with E-state index in [-0.39, 0.29) is 10.8 Å². The van der Waals surface area contributed by atoms with Crippen molar-refractivity contribution in [2.45, 2.75) is 11.8 Å². The van der Waals surface area contributed by atoms with Gasteiger partial charge in [-0.3, -0.25) is 9.52 Å². The number of fused-ring (bicyclic) bond motifs is 1. The van der Waals surface area contributed by atoms with E-state index in [1.807, 2.05) is 44.2 Å². The van der Waals surface area contributed by atoms with Gasteiger partial charge in [-0.25, -0.2) is 17.9 Å². The monoisotopic (exact) mass is 569 g/mol. The molecule has 5 aromatic rings. The summed E-state index contributed by atoms with van der Waals surface area (Å²) in [4.78, 5) is 19.4. The molecule has 3 N–H and O–H groups in total. The van der Waals surface area contributed by atoms with Gasteiger partial charge in [0, 0.05) is 41.8 Å². The van der Waals surface area contributed by atoms with E-state index in [1.54, 1.807) is 77.4 Å². The quantitative estimate of drug-likeness (QED) is 0.226. The van der Waals surface area contributed by atoms with Gasteiger partial charge in [-0.15, -0.1) is 0 Å². The molecule has 0 saturated heterocycles. The summed E-state index contributed by atoms with van der Waals surface area (Å²) >= 11 is 0. The molecular weight excluding hydrogens is 538 g/mol. The third kappa shape index (κ3) is 6.71. The van der Waals surface area contributed by atoms with Crippen molar-refractivity contribution in [3.05, 3.63) is 102 Å². The van der Waals surface area contributed by atoms with E-state index in [0.717, 1.165) is 28.9 Å². The highest BCUT2D eigenvalue weighted by Crippen LogP contribution is 2.26. The van der Waals surface area contributed by atoms with E-state index in [1.165, 1.54) is 0 Å². The smallest absolute Gasteiger partial charge is 0.261 e. The molecule has 0 spiro atoms. The lowest BCUT2D eigenvalue weighted by molar-refractivity contribution is 0.0951. The molecule has 3 aromatic carbocycles. The number of rotatable bonds is 10. The number of carbonyl (C=O) groups excluding carboxylic acids is 1. The van der Waals surface area contributed by atoms with Crippen LogP contribution in [-0.2, 0) is 10.0 Å². The summed E-state index contributed by atoms with van der Waals surface area (Å²) in [6.07, 6.45) is 3.55. The van der Waals surface area contributed by atoms with Crippen LogP contribution in [0.25, 0.3) is 16.8 Å². The van der Waals surface area contributed by atoms with Crippen molar-refractivity contribution >= 4 is 38.8 Å². The number of nitrogens with one attached hydrogen (secondary N) is 3. The van der Waals surface area contributed by atoms with Gasteiger partial charge in [0.25, 0.3) is 15.9 Å². The van der Waals surface area contributed by atoms with E-state index in [2.05, 4.69) is 20.5 Å². The van der Waals surface area contributed by atoms with Crippen LogP contribution in [0.1, 0.15) is 15.9 Å². The lowest BCUT2D eigenvalue weighted by Crippen LogP contribution is -2.31. The van der Waals surface area contributed by atoms with E-state index < -0.39 is 10.0 Å². The van der Waals surface area contributed by atoms with Gasteiger partial charge >= 0.3 is 0 Å². The van der Waals surface area contributed by atoms with E-state index in [4.69, 9.17) is 4.98 Å². The summed E-state index contributed by atoms with van der Waals surface area (Å²) in [5, 5.41) is 10.6. The maximum atomic E-state index is 12.7. The predicted octanol–water partition coefficient (Wildman–Crippen LogP) is 4.54. The van der Waals surface area contributed by atoms with E-state index in [0.29, 0.717) is 29.3 Å². The number of hydrogen-bond acceptors (Lipinski definition) is 7. The third-order valence-corrected chi connectivity index (χ3v) is 7.81. The normalized spacial score (nSPS) is 11.5. The Balaban J connectivity index is 1.28. The van der Waals surface area contributed by atoms with Crippen molar-refractivity contribution in [1.82, 2.24) is 24.8 Å². The minimum absolute atomic E-state index is 0.114. The number of aryl methyl sites for hydroxylation is 1. The number of nitrogens with zero attached hydrogens (tertiary/aromatic N) is 4. The molecule has 10 nitrogen and oxygen atoms in total. The molecule has 2 heterocycles. The molecule has 0 saturated carbocycles. The van der Waals surface area contributed by atoms with Crippen LogP contribution >= 0.6 is 0 Å². The SMILES string of the molecule is Cc1ccc(S(=O)(=O)Nc2ccc(Nc3ccn4ncc(-c5ccc(C(=O)NCCN(C)C)cc5)c4n3)cc2)cc1. The lowest BCUT2D eigenvalue weighted by atomic mass is 10.1. The Labute approximate surface area is 239 Å². The third-order valence-electron chi connectivity index (χ3n) is 6.41. The minimum atomic E-state index is -3.68. The van der Waals surface area contributed by atoms with Crippen molar-refractivity contribution < 1.29 is 13.2 Å². The molecule has 0 aliphatic carbocycles. The molecule has 0 atom stereocenters. The Morgan fingerprint density at radius 1 is 0.902 bits per heavy atom. The minimum Gasteiger partial charge on any atom is -0.351 e. The Morgan fingerprint density at radius 3 is 2.27 bits per heavy atom. The first-order chi connectivity index (χ1) is 19.7. The van der Waals surface area contributed by atoms with Crippen LogP contribution in [-0.4, -0.2) is 61.0 Å². The molecule has 0 unspecified atom stereocenters. The number of amides is 1. The van der Waals surface area contributed by atoms with Crippen LogP contribution in [0.5, 0.6) is 0 Å². The molecule has 210 valence electrons. The van der Waals surface area contributed by atoms with E-state index >= 15 is 0 Å². The van der Waals surface area contributed by atoms with Crippen molar-refractivity contribution in [2.24, 2.45) is 0 Å². The molecule has 11 heteroatoms. The highest BCUT2D eigenvalue weighted by Gasteiger charge is 2.14. The zero-order chi connectivity index (χ0) is 29.0. The lowest BCUT2D eigenvalue weighted by Gasteiger charge is -2.11. The van der Waals surface area contributed by atoms with Gasteiger partial charge in [-0.05, 0) is 81.2 Å². The summed E-state index contributed by atoms with van der Waals surface area (Å²) in [7, 11) is 0.239. The van der Waals surface area contributed by atoms with Crippen LogP contribution in [0, 0.1) is 6.92 Å². The number of sulfonamides is 1. The standard InChI is InChI=1S/C30H31N7O3S/c1-21-4-14-26(15-5-21)41(39,40)35-25-12-10-24(11-13-25)33-28-16-18-37-29(34-28)27(20-32-37)22-6-8-23(9-7-22)30(38)31-17-19-36(2)3/h4-16,18,20,35H,17,19H2,1-3H3,(H,31,38)(H,33,34). The molecule has 0 aliphatic rings. The van der Waals surface area contributed by atoms with E-state index in [9.17, 15) is 13.2 Å². The van der Waals surface area contributed by atoms with Crippen LogP contribution in [0.3, 0.4) is 0 Å². The topological polar surface area (TPSA) is 121 Å². The van der Waals surface area contributed by atoms with Gasteiger partial charge in [0.05, 0.1) is 11.1 Å². The highest BCUT2D eigenvalue weighted by molar-refractivity contribution is 7.92. The van der Waals surface area contributed by atoms with Crippen LogP contribution in [0.2, 0.25) is 0 Å². The number of carbonyl (C=O) groups is 1. The fourth-order valence-corrected chi connectivity index (χ4v) is 5.20. The Morgan fingerprint density at radius 2 is 1.59 bits per heavy atom. The van der Waals surface area contributed by atoms with Crippen LogP contribution in [0.4, 0.5) is 17.2 Å². The molecule has 0 aliphatic heterocycles. The summed E-state index contributed by atoms with van der Waals surface area (Å²) in [5.41, 5.74) is 5.14. The van der Waals surface area contributed by atoms with Gasteiger partial charge in [-0.2, -0.15) is 5.10 Å². The molecule has 2 aromatic heterocycles. The molecular formula is C30H31N7O3S. The maximum Gasteiger partial charge on any atom is 0.261 e. The van der Waals surface area contributed by atoms with Crippen molar-refractivity contribution in [2.75, 3.05) is 37.2 Å². The van der Waals surface area contributed by atoms with Crippen LogP contribution < -0.4 is 15.4 Å². The number of benzene rings is 3. The molecule has 0 fully saturated rings. The largest absolute Gasteiger partial charge is 0.351 e. The van der Waals surface area contributed by atoms with Crippen molar-refractivity contribution in [3.8, 4) is 11.1 Å². The Hall–Kier alpha value is -4.74. The molecule has 5 rings (SSSR count). The first-order valence-electron chi connectivity index (χ1n) is 13.0. The second-order valence-electron chi connectivity index (χ2n) is 9.90. The fourth-order valence-electron chi connectivity index (χ4n) is 4.14. The predicted molar refractivity (Wildman–Crippen MR) is 161 cm³/mol. The van der Waals surface area contributed by atoms with Crippen molar-refractivity contribution in [3.63, 3.8) is 0 Å². The van der Waals surface area contributed by atoms with Gasteiger partial charge in [0.2, 0.25) is 0 Å². The summed E-state index contributed by atoms with van der Waals surface area (Å²) in [6.45, 7) is 3.25. The first kappa shape index (κ1) is 27.8. The molecule has 0 bridgehead atoms. The van der Waals surface area contributed by atoms with Gasteiger partial charge in [0.15, 0.2) is 5.65 Å².